The number of thioether (sulfide) groups is 1. The first kappa shape index (κ1) is 12.0. The Hall–Kier alpha value is -0.470. The predicted molar refractivity (Wildman–Crippen MR) is 70.7 cm³/mol. The van der Waals surface area contributed by atoms with Gasteiger partial charge in [-0.25, -0.2) is 0 Å². The van der Waals surface area contributed by atoms with Gasteiger partial charge in [0.15, 0.2) is 0 Å². The zero-order valence-electron chi connectivity index (χ0n) is 10.3. The van der Waals surface area contributed by atoms with Crippen molar-refractivity contribution in [2.24, 2.45) is 5.92 Å². The standard InChI is InChI=1S/C14H20OS/c1-11-9-15-14(2,3)13(11)16-10-12-7-5-4-6-8-12/h4-8,11,13H,9-10H2,1-3H3/t11-,13+/m0/s1. The lowest BCUT2D eigenvalue weighted by molar-refractivity contribution is 0.0377. The van der Waals surface area contributed by atoms with Crippen LogP contribution in [0.25, 0.3) is 0 Å². The molecule has 1 heterocycles. The first-order chi connectivity index (χ1) is 7.59. The van der Waals surface area contributed by atoms with E-state index in [0.717, 1.165) is 12.4 Å². The molecule has 1 aromatic carbocycles. The van der Waals surface area contributed by atoms with Crippen molar-refractivity contribution in [1.82, 2.24) is 0 Å². The molecule has 2 rings (SSSR count). The molecule has 0 N–H and O–H groups in total. The van der Waals surface area contributed by atoms with Gasteiger partial charge >= 0.3 is 0 Å². The second-order valence-corrected chi connectivity index (χ2v) is 6.24. The van der Waals surface area contributed by atoms with Gasteiger partial charge in [0.1, 0.15) is 0 Å². The largest absolute Gasteiger partial charge is 0.374 e. The lowest BCUT2D eigenvalue weighted by Crippen LogP contribution is -2.32. The summed E-state index contributed by atoms with van der Waals surface area (Å²) in [5.74, 6) is 1.74. The van der Waals surface area contributed by atoms with E-state index in [1.54, 1.807) is 0 Å². The second kappa shape index (κ2) is 4.80. The van der Waals surface area contributed by atoms with Gasteiger partial charge in [0, 0.05) is 11.0 Å². The van der Waals surface area contributed by atoms with Gasteiger partial charge in [-0.2, -0.15) is 11.8 Å². The Morgan fingerprint density at radius 3 is 2.56 bits per heavy atom. The van der Waals surface area contributed by atoms with Crippen molar-refractivity contribution in [3.8, 4) is 0 Å². The van der Waals surface area contributed by atoms with Crippen LogP contribution in [-0.2, 0) is 10.5 Å². The molecule has 1 nitrogen and oxygen atoms in total. The number of ether oxygens (including phenoxy) is 1. The molecule has 88 valence electrons. The van der Waals surface area contributed by atoms with E-state index in [2.05, 4.69) is 51.1 Å². The highest BCUT2D eigenvalue weighted by atomic mass is 32.2. The van der Waals surface area contributed by atoms with Crippen LogP contribution in [0.1, 0.15) is 26.3 Å². The Morgan fingerprint density at radius 1 is 1.31 bits per heavy atom. The SMILES string of the molecule is C[C@H]1COC(C)(C)[C@@H]1SCc1ccccc1. The summed E-state index contributed by atoms with van der Waals surface area (Å²) in [6, 6.07) is 10.7. The molecular formula is C14H20OS. The van der Waals surface area contributed by atoms with E-state index in [1.807, 2.05) is 11.8 Å². The van der Waals surface area contributed by atoms with Crippen molar-refractivity contribution >= 4 is 11.8 Å². The molecule has 0 amide bonds. The molecule has 2 heteroatoms. The van der Waals surface area contributed by atoms with Crippen LogP contribution in [0, 0.1) is 5.92 Å². The van der Waals surface area contributed by atoms with Crippen molar-refractivity contribution in [1.29, 1.82) is 0 Å². The predicted octanol–water partition coefficient (Wildman–Crippen LogP) is 3.73. The zero-order chi connectivity index (χ0) is 11.6. The Balaban J connectivity index is 1.95. The number of rotatable bonds is 3. The number of hydrogen-bond donors (Lipinski definition) is 0. The number of hydrogen-bond acceptors (Lipinski definition) is 2. The van der Waals surface area contributed by atoms with Gasteiger partial charge in [0.05, 0.1) is 12.2 Å². The number of benzene rings is 1. The second-order valence-electron chi connectivity index (χ2n) is 5.11. The molecule has 0 bridgehead atoms. The Kier molecular flexibility index (Phi) is 3.60. The Labute approximate surface area is 103 Å². The molecule has 0 aliphatic carbocycles. The van der Waals surface area contributed by atoms with Gasteiger partial charge in [0.25, 0.3) is 0 Å². The third-order valence-electron chi connectivity index (χ3n) is 3.19. The zero-order valence-corrected chi connectivity index (χ0v) is 11.1. The highest BCUT2D eigenvalue weighted by Crippen LogP contribution is 2.39. The fourth-order valence-corrected chi connectivity index (χ4v) is 3.77. The first-order valence-corrected chi connectivity index (χ1v) is 6.94. The van der Waals surface area contributed by atoms with Crippen LogP contribution >= 0.6 is 11.8 Å². The molecule has 1 fully saturated rings. The van der Waals surface area contributed by atoms with Gasteiger partial charge in [-0.3, -0.25) is 0 Å². The van der Waals surface area contributed by atoms with Crippen LogP contribution in [0.3, 0.4) is 0 Å². The van der Waals surface area contributed by atoms with E-state index in [9.17, 15) is 0 Å². The molecule has 2 atom stereocenters. The minimum absolute atomic E-state index is 0.0267. The molecule has 0 spiro atoms. The highest BCUT2D eigenvalue weighted by Gasteiger charge is 2.41. The summed E-state index contributed by atoms with van der Waals surface area (Å²) < 4.78 is 5.83. The average Bonchev–Trinajstić information content (AvgIpc) is 2.52. The van der Waals surface area contributed by atoms with Crippen LogP contribution in [0.15, 0.2) is 30.3 Å². The third-order valence-corrected chi connectivity index (χ3v) is 5.08. The van der Waals surface area contributed by atoms with Gasteiger partial charge in [-0.15, -0.1) is 0 Å². The topological polar surface area (TPSA) is 9.23 Å². The molecule has 1 aromatic rings. The fraction of sp³-hybridized carbons (Fsp3) is 0.571. The van der Waals surface area contributed by atoms with E-state index >= 15 is 0 Å². The van der Waals surface area contributed by atoms with E-state index in [1.165, 1.54) is 5.56 Å². The first-order valence-electron chi connectivity index (χ1n) is 5.89. The summed E-state index contributed by atoms with van der Waals surface area (Å²) in [4.78, 5) is 0. The lowest BCUT2D eigenvalue weighted by atomic mass is 9.99. The molecule has 16 heavy (non-hydrogen) atoms. The molecule has 0 saturated carbocycles. The van der Waals surface area contributed by atoms with Crippen molar-refractivity contribution in [2.45, 2.75) is 37.4 Å². The quantitative estimate of drug-likeness (QED) is 0.791. The minimum Gasteiger partial charge on any atom is -0.374 e. The molecule has 1 aliphatic rings. The van der Waals surface area contributed by atoms with E-state index < -0.39 is 0 Å². The maximum atomic E-state index is 5.83. The summed E-state index contributed by atoms with van der Waals surface area (Å²) in [5.41, 5.74) is 1.43. The van der Waals surface area contributed by atoms with Crippen LogP contribution < -0.4 is 0 Å². The molecule has 0 aromatic heterocycles. The van der Waals surface area contributed by atoms with Gasteiger partial charge < -0.3 is 4.74 Å². The van der Waals surface area contributed by atoms with Crippen LogP contribution in [0.2, 0.25) is 0 Å². The Bertz CT molecular complexity index is 334. The maximum absolute atomic E-state index is 5.83. The summed E-state index contributed by atoms with van der Waals surface area (Å²) in [6.07, 6.45) is 0. The minimum atomic E-state index is 0.0267. The molecule has 0 unspecified atom stereocenters. The fourth-order valence-electron chi connectivity index (χ4n) is 2.33. The van der Waals surface area contributed by atoms with Crippen molar-refractivity contribution < 1.29 is 4.74 Å². The highest BCUT2D eigenvalue weighted by molar-refractivity contribution is 7.99. The van der Waals surface area contributed by atoms with Crippen molar-refractivity contribution in [3.63, 3.8) is 0 Å². The smallest absolute Gasteiger partial charge is 0.0748 e. The van der Waals surface area contributed by atoms with Crippen LogP contribution in [0.4, 0.5) is 0 Å². The molecule has 1 saturated heterocycles. The van der Waals surface area contributed by atoms with E-state index in [-0.39, 0.29) is 5.60 Å². The summed E-state index contributed by atoms with van der Waals surface area (Å²) in [5, 5.41) is 0.604. The lowest BCUT2D eigenvalue weighted by Gasteiger charge is -2.27. The van der Waals surface area contributed by atoms with Crippen molar-refractivity contribution in [3.05, 3.63) is 35.9 Å². The average molecular weight is 236 g/mol. The monoisotopic (exact) mass is 236 g/mol. The van der Waals surface area contributed by atoms with E-state index in [4.69, 9.17) is 4.74 Å². The maximum Gasteiger partial charge on any atom is 0.0748 e. The van der Waals surface area contributed by atoms with Gasteiger partial charge in [-0.05, 0) is 25.3 Å². The summed E-state index contributed by atoms with van der Waals surface area (Å²) >= 11 is 2.03. The molecular weight excluding hydrogens is 216 g/mol. The van der Waals surface area contributed by atoms with Gasteiger partial charge in [-0.1, -0.05) is 37.3 Å². The van der Waals surface area contributed by atoms with E-state index in [0.29, 0.717) is 11.2 Å². The third kappa shape index (κ3) is 2.61. The van der Waals surface area contributed by atoms with Gasteiger partial charge in [0.2, 0.25) is 0 Å². The van der Waals surface area contributed by atoms with Crippen molar-refractivity contribution in [2.75, 3.05) is 6.61 Å². The summed E-state index contributed by atoms with van der Waals surface area (Å²) in [7, 11) is 0. The molecule has 1 aliphatic heterocycles. The summed E-state index contributed by atoms with van der Waals surface area (Å²) in [6.45, 7) is 7.61. The molecule has 0 radical (unpaired) electrons. The van der Waals surface area contributed by atoms with Crippen LogP contribution in [-0.4, -0.2) is 17.5 Å². The normalized spacial score (nSPS) is 28.2. The Morgan fingerprint density at radius 2 is 2.00 bits per heavy atom. The van der Waals surface area contributed by atoms with Crippen LogP contribution in [0.5, 0.6) is 0 Å².